The molecule has 0 aromatic heterocycles. The van der Waals surface area contributed by atoms with Crippen LogP contribution in [0.25, 0.3) is 0 Å². The van der Waals surface area contributed by atoms with Crippen molar-refractivity contribution in [2.75, 3.05) is 32.1 Å². The van der Waals surface area contributed by atoms with Crippen molar-refractivity contribution in [1.29, 1.82) is 0 Å². The normalized spacial score (nSPS) is 18.6. The summed E-state index contributed by atoms with van der Waals surface area (Å²) in [6.45, 7) is 6.52. The van der Waals surface area contributed by atoms with Gasteiger partial charge in [0.25, 0.3) is 0 Å². The van der Waals surface area contributed by atoms with Crippen LogP contribution in [-0.4, -0.2) is 42.9 Å². The topological polar surface area (TPSA) is 38.8 Å². The smallest absolute Gasteiger partial charge is 0.233 e. The summed E-state index contributed by atoms with van der Waals surface area (Å²) in [7, 11) is 0. The van der Waals surface area contributed by atoms with Crippen molar-refractivity contribution >= 4 is 17.7 Å². The van der Waals surface area contributed by atoms with Crippen LogP contribution < -0.4 is 4.74 Å². The van der Waals surface area contributed by atoms with Gasteiger partial charge < -0.3 is 14.4 Å². The molecule has 1 aromatic carbocycles. The van der Waals surface area contributed by atoms with Gasteiger partial charge in [0.2, 0.25) is 5.91 Å². The fourth-order valence-electron chi connectivity index (χ4n) is 2.17. The molecule has 0 radical (unpaired) electrons. The van der Waals surface area contributed by atoms with Gasteiger partial charge in [0.1, 0.15) is 11.1 Å². The molecular weight excluding hydrogens is 274 g/mol. The third-order valence-electron chi connectivity index (χ3n) is 3.13. The van der Waals surface area contributed by atoms with Gasteiger partial charge in [-0.25, -0.2) is 0 Å². The number of hydrogen-bond donors (Lipinski definition) is 0. The molecule has 0 aliphatic carbocycles. The molecule has 1 aromatic rings. The maximum atomic E-state index is 11.9. The summed E-state index contributed by atoms with van der Waals surface area (Å²) in [6, 6.07) is 8.00. The van der Waals surface area contributed by atoms with E-state index in [-0.39, 0.29) is 11.3 Å². The van der Waals surface area contributed by atoms with E-state index in [1.807, 2.05) is 43.0 Å². The third-order valence-corrected chi connectivity index (χ3v) is 4.38. The standard InChI is InChI=1S/C15H21NO3S/c1-3-18-10-9-16-14(17)11-20-15(16)12-5-7-13(8-6-12)19-4-2/h5-8,15H,3-4,9-11H2,1-2H3. The van der Waals surface area contributed by atoms with E-state index in [0.29, 0.717) is 32.1 Å². The summed E-state index contributed by atoms with van der Waals surface area (Å²) < 4.78 is 10.8. The maximum Gasteiger partial charge on any atom is 0.233 e. The molecule has 1 saturated heterocycles. The van der Waals surface area contributed by atoms with Crippen LogP contribution >= 0.6 is 11.8 Å². The van der Waals surface area contributed by atoms with E-state index in [4.69, 9.17) is 9.47 Å². The SMILES string of the molecule is CCOCCN1C(=O)CSC1c1ccc(OCC)cc1. The lowest BCUT2D eigenvalue weighted by Gasteiger charge is -2.24. The van der Waals surface area contributed by atoms with Crippen LogP contribution in [0.3, 0.4) is 0 Å². The van der Waals surface area contributed by atoms with Gasteiger partial charge in [0.05, 0.1) is 19.0 Å². The molecule has 1 heterocycles. The van der Waals surface area contributed by atoms with E-state index in [1.54, 1.807) is 11.8 Å². The van der Waals surface area contributed by atoms with Crippen molar-refractivity contribution in [3.63, 3.8) is 0 Å². The minimum Gasteiger partial charge on any atom is -0.494 e. The molecule has 0 saturated carbocycles. The Morgan fingerprint density at radius 2 is 2.00 bits per heavy atom. The van der Waals surface area contributed by atoms with Gasteiger partial charge in [-0.2, -0.15) is 0 Å². The van der Waals surface area contributed by atoms with Gasteiger partial charge in [0.15, 0.2) is 0 Å². The first-order chi connectivity index (χ1) is 9.76. The van der Waals surface area contributed by atoms with Crippen molar-refractivity contribution in [2.45, 2.75) is 19.2 Å². The predicted octanol–water partition coefficient (Wildman–Crippen LogP) is 2.70. The Morgan fingerprint density at radius 1 is 1.25 bits per heavy atom. The minimum absolute atomic E-state index is 0.0960. The number of hydrogen-bond acceptors (Lipinski definition) is 4. The molecule has 1 fully saturated rings. The lowest BCUT2D eigenvalue weighted by Crippen LogP contribution is -2.31. The largest absolute Gasteiger partial charge is 0.494 e. The van der Waals surface area contributed by atoms with Gasteiger partial charge in [-0.05, 0) is 31.5 Å². The quantitative estimate of drug-likeness (QED) is 0.725. The summed E-state index contributed by atoms with van der Waals surface area (Å²) in [6.07, 6.45) is 0. The third kappa shape index (κ3) is 3.67. The van der Waals surface area contributed by atoms with E-state index in [9.17, 15) is 4.79 Å². The Kier molecular flexibility index (Phi) is 5.73. The number of ether oxygens (including phenoxy) is 2. The zero-order valence-electron chi connectivity index (χ0n) is 12.0. The van der Waals surface area contributed by atoms with Gasteiger partial charge in [0, 0.05) is 13.2 Å². The van der Waals surface area contributed by atoms with Crippen molar-refractivity contribution in [3.8, 4) is 5.75 Å². The first-order valence-electron chi connectivity index (χ1n) is 6.97. The molecule has 0 N–H and O–H groups in total. The highest BCUT2D eigenvalue weighted by Gasteiger charge is 2.32. The van der Waals surface area contributed by atoms with Crippen LogP contribution in [0, 0.1) is 0 Å². The number of rotatable bonds is 7. The zero-order valence-corrected chi connectivity index (χ0v) is 12.8. The lowest BCUT2D eigenvalue weighted by atomic mass is 10.2. The fraction of sp³-hybridized carbons (Fsp3) is 0.533. The number of amides is 1. The molecule has 0 bridgehead atoms. The molecule has 110 valence electrons. The average molecular weight is 295 g/mol. The fourth-order valence-corrected chi connectivity index (χ4v) is 3.39. The molecule has 2 rings (SSSR count). The molecule has 20 heavy (non-hydrogen) atoms. The van der Waals surface area contributed by atoms with Crippen LogP contribution in [0.4, 0.5) is 0 Å². The second-order valence-electron chi connectivity index (χ2n) is 4.45. The molecule has 1 aliphatic heterocycles. The minimum atomic E-state index is 0.0960. The number of carbonyl (C=O) groups is 1. The number of thioether (sulfide) groups is 1. The van der Waals surface area contributed by atoms with Gasteiger partial charge in [-0.1, -0.05) is 12.1 Å². The highest BCUT2D eigenvalue weighted by atomic mass is 32.2. The highest BCUT2D eigenvalue weighted by molar-refractivity contribution is 8.00. The molecule has 1 unspecified atom stereocenters. The van der Waals surface area contributed by atoms with Gasteiger partial charge in [-0.3, -0.25) is 4.79 Å². The van der Waals surface area contributed by atoms with Crippen LogP contribution in [-0.2, 0) is 9.53 Å². The van der Waals surface area contributed by atoms with Crippen LogP contribution in [0.1, 0.15) is 24.8 Å². The van der Waals surface area contributed by atoms with Gasteiger partial charge in [-0.15, -0.1) is 11.8 Å². The Labute approximate surface area is 124 Å². The Bertz CT molecular complexity index is 435. The summed E-state index contributed by atoms with van der Waals surface area (Å²) in [5, 5.41) is 0.0960. The van der Waals surface area contributed by atoms with Crippen LogP contribution in [0.2, 0.25) is 0 Å². The van der Waals surface area contributed by atoms with Gasteiger partial charge >= 0.3 is 0 Å². The molecule has 0 spiro atoms. The lowest BCUT2D eigenvalue weighted by molar-refractivity contribution is -0.128. The summed E-state index contributed by atoms with van der Waals surface area (Å²) in [5.74, 6) is 1.60. The number of nitrogens with zero attached hydrogens (tertiary/aromatic N) is 1. The highest BCUT2D eigenvalue weighted by Crippen LogP contribution is 2.38. The first-order valence-corrected chi connectivity index (χ1v) is 8.02. The van der Waals surface area contributed by atoms with Crippen LogP contribution in [0.15, 0.2) is 24.3 Å². The van der Waals surface area contributed by atoms with Crippen molar-refractivity contribution < 1.29 is 14.3 Å². The van der Waals surface area contributed by atoms with Crippen molar-refractivity contribution in [1.82, 2.24) is 4.90 Å². The Morgan fingerprint density at radius 3 is 2.65 bits per heavy atom. The van der Waals surface area contributed by atoms with E-state index in [2.05, 4.69) is 0 Å². The molecule has 1 amide bonds. The second kappa shape index (κ2) is 7.55. The van der Waals surface area contributed by atoms with Crippen molar-refractivity contribution in [3.05, 3.63) is 29.8 Å². The summed E-state index contributed by atoms with van der Waals surface area (Å²) >= 11 is 1.67. The zero-order chi connectivity index (χ0) is 14.4. The first kappa shape index (κ1) is 15.2. The summed E-state index contributed by atoms with van der Waals surface area (Å²) in [4.78, 5) is 13.8. The van der Waals surface area contributed by atoms with E-state index in [1.165, 1.54) is 0 Å². The molecule has 5 heteroatoms. The maximum absolute atomic E-state index is 11.9. The van der Waals surface area contributed by atoms with E-state index >= 15 is 0 Å². The molecule has 1 atom stereocenters. The number of carbonyl (C=O) groups excluding carboxylic acids is 1. The Balaban J connectivity index is 2.03. The van der Waals surface area contributed by atoms with E-state index in [0.717, 1.165) is 11.3 Å². The monoisotopic (exact) mass is 295 g/mol. The van der Waals surface area contributed by atoms with Crippen molar-refractivity contribution in [2.24, 2.45) is 0 Å². The molecule has 1 aliphatic rings. The average Bonchev–Trinajstić information content (AvgIpc) is 2.82. The number of benzene rings is 1. The second-order valence-corrected chi connectivity index (χ2v) is 5.52. The molecular formula is C15H21NO3S. The van der Waals surface area contributed by atoms with Crippen LogP contribution in [0.5, 0.6) is 5.75 Å². The Hall–Kier alpha value is -1.20. The molecule has 4 nitrogen and oxygen atoms in total. The summed E-state index contributed by atoms with van der Waals surface area (Å²) in [5.41, 5.74) is 1.14. The predicted molar refractivity (Wildman–Crippen MR) is 81.0 cm³/mol. The van der Waals surface area contributed by atoms with E-state index < -0.39 is 0 Å².